The van der Waals surface area contributed by atoms with Gasteiger partial charge in [-0.3, -0.25) is 4.79 Å². The molecule has 34 heavy (non-hydrogen) atoms. The van der Waals surface area contributed by atoms with E-state index in [-0.39, 0.29) is 16.8 Å². The van der Waals surface area contributed by atoms with E-state index in [2.05, 4.69) is 53.8 Å². The molecular formula is C29H30N2O2S. The fourth-order valence-corrected chi connectivity index (χ4v) is 7.06. The molecule has 3 aliphatic rings. The molecule has 1 N–H and O–H groups in total. The molecule has 0 saturated heterocycles. The largest absolute Gasteiger partial charge is 0.467 e. The van der Waals surface area contributed by atoms with Gasteiger partial charge in [-0.15, -0.1) is 11.8 Å². The Morgan fingerprint density at radius 1 is 0.971 bits per heavy atom. The molecule has 5 heteroatoms. The summed E-state index contributed by atoms with van der Waals surface area (Å²) in [6.45, 7) is 0.472. The van der Waals surface area contributed by atoms with Crippen LogP contribution in [0.15, 0.2) is 83.0 Å². The van der Waals surface area contributed by atoms with E-state index in [1.807, 2.05) is 23.1 Å². The molecule has 2 aromatic carbocycles. The first-order chi connectivity index (χ1) is 16.7. The first kappa shape index (κ1) is 21.6. The summed E-state index contributed by atoms with van der Waals surface area (Å²) in [5.41, 5.74) is 5.67. The molecule has 1 aliphatic heterocycles. The van der Waals surface area contributed by atoms with Gasteiger partial charge in [0, 0.05) is 22.3 Å². The van der Waals surface area contributed by atoms with Gasteiger partial charge in [-0.2, -0.15) is 0 Å². The van der Waals surface area contributed by atoms with Crippen LogP contribution in [0.3, 0.4) is 0 Å². The number of hydrogen-bond acceptors (Lipinski definition) is 4. The highest BCUT2D eigenvalue weighted by molar-refractivity contribution is 7.99. The van der Waals surface area contributed by atoms with Crippen molar-refractivity contribution < 1.29 is 9.21 Å². The van der Waals surface area contributed by atoms with Crippen LogP contribution in [0.5, 0.6) is 0 Å². The van der Waals surface area contributed by atoms with Crippen LogP contribution in [0.25, 0.3) is 5.70 Å². The van der Waals surface area contributed by atoms with E-state index in [1.54, 1.807) is 18.0 Å². The third kappa shape index (κ3) is 3.86. The molecule has 2 heterocycles. The third-order valence-electron chi connectivity index (χ3n) is 7.59. The standard InChI is InChI=1S/C29H30N2O2S/c32-27-25-26(24-14-6-5-12-22(24)18-29(25)15-7-2-8-16-29)30-28(31(27)19-23-13-9-17-33-23)34-20-21-10-3-1-4-11-21/h1,3-6,9-14,17,28,30H,2,7-8,15-16,18-20H2/t28-/m0/s1. The van der Waals surface area contributed by atoms with Crippen molar-refractivity contribution in [2.24, 2.45) is 5.41 Å². The highest BCUT2D eigenvalue weighted by atomic mass is 32.2. The van der Waals surface area contributed by atoms with Gasteiger partial charge in [0.05, 0.1) is 18.5 Å². The van der Waals surface area contributed by atoms with Crippen molar-refractivity contribution in [2.75, 3.05) is 0 Å². The molecule has 6 rings (SSSR count). The van der Waals surface area contributed by atoms with E-state index in [9.17, 15) is 4.79 Å². The first-order valence-corrected chi connectivity index (χ1v) is 13.4. The van der Waals surface area contributed by atoms with Crippen LogP contribution in [-0.4, -0.2) is 16.3 Å². The van der Waals surface area contributed by atoms with Crippen LogP contribution in [0.1, 0.15) is 54.6 Å². The maximum atomic E-state index is 14.4. The van der Waals surface area contributed by atoms with Crippen molar-refractivity contribution in [3.63, 3.8) is 0 Å². The summed E-state index contributed by atoms with van der Waals surface area (Å²) in [5.74, 6) is 1.82. The van der Waals surface area contributed by atoms with Gasteiger partial charge in [-0.05, 0) is 42.5 Å². The van der Waals surface area contributed by atoms with Gasteiger partial charge in [0.1, 0.15) is 5.76 Å². The Kier molecular flexibility index (Phi) is 5.74. The molecule has 1 atom stereocenters. The lowest BCUT2D eigenvalue weighted by atomic mass is 9.61. The Hall–Kier alpha value is -2.92. The van der Waals surface area contributed by atoms with Gasteiger partial charge in [0.15, 0.2) is 5.50 Å². The number of thioether (sulfide) groups is 1. The van der Waals surface area contributed by atoms with Gasteiger partial charge in [0.2, 0.25) is 0 Å². The fraction of sp³-hybridized carbons (Fsp3) is 0.345. The smallest absolute Gasteiger partial charge is 0.255 e. The highest BCUT2D eigenvalue weighted by Crippen LogP contribution is 2.53. The van der Waals surface area contributed by atoms with Gasteiger partial charge in [-0.1, -0.05) is 73.9 Å². The van der Waals surface area contributed by atoms with Crippen LogP contribution in [-0.2, 0) is 23.5 Å². The summed E-state index contributed by atoms with van der Waals surface area (Å²) in [6, 6.07) is 23.0. The second-order valence-corrected chi connectivity index (χ2v) is 10.8. The van der Waals surface area contributed by atoms with Crippen LogP contribution in [0.4, 0.5) is 0 Å². The SMILES string of the molecule is O=C1C2=C(N[C@H](SCc3ccccc3)N1Cc1ccco1)c1ccccc1CC21CCCCC1. The minimum atomic E-state index is -0.164. The molecule has 0 bridgehead atoms. The van der Waals surface area contributed by atoms with E-state index in [4.69, 9.17) is 4.42 Å². The number of amides is 1. The van der Waals surface area contributed by atoms with Crippen molar-refractivity contribution >= 4 is 23.4 Å². The Bertz CT molecular complexity index is 1200. The quantitative estimate of drug-likeness (QED) is 0.472. The maximum Gasteiger partial charge on any atom is 0.255 e. The zero-order valence-electron chi connectivity index (χ0n) is 19.3. The molecule has 2 aliphatic carbocycles. The van der Waals surface area contributed by atoms with Gasteiger partial charge >= 0.3 is 0 Å². The van der Waals surface area contributed by atoms with Crippen molar-refractivity contribution in [3.05, 3.63) is 101 Å². The zero-order valence-corrected chi connectivity index (χ0v) is 20.2. The van der Waals surface area contributed by atoms with Crippen LogP contribution in [0, 0.1) is 5.41 Å². The lowest BCUT2D eigenvalue weighted by Crippen LogP contribution is -2.55. The average molecular weight is 471 g/mol. The number of rotatable bonds is 5. The van der Waals surface area contributed by atoms with Crippen LogP contribution >= 0.6 is 11.8 Å². The van der Waals surface area contributed by atoms with Crippen LogP contribution < -0.4 is 5.32 Å². The Labute approximate surface area is 205 Å². The predicted molar refractivity (Wildman–Crippen MR) is 137 cm³/mol. The van der Waals surface area contributed by atoms with Gasteiger partial charge in [0.25, 0.3) is 5.91 Å². The molecule has 1 aromatic heterocycles. The van der Waals surface area contributed by atoms with Crippen LogP contribution in [0.2, 0.25) is 0 Å². The lowest BCUT2D eigenvalue weighted by molar-refractivity contribution is -0.131. The molecule has 1 spiro atoms. The van der Waals surface area contributed by atoms with E-state index in [1.165, 1.54) is 36.0 Å². The molecule has 3 aromatic rings. The summed E-state index contributed by atoms with van der Waals surface area (Å²) in [7, 11) is 0. The van der Waals surface area contributed by atoms with E-state index < -0.39 is 0 Å². The van der Waals surface area contributed by atoms with Crippen molar-refractivity contribution in [1.29, 1.82) is 0 Å². The number of carbonyl (C=O) groups excluding carboxylic acids is 1. The predicted octanol–water partition coefficient (Wildman–Crippen LogP) is 6.35. The fourth-order valence-electron chi connectivity index (χ4n) is 5.97. The molecule has 1 saturated carbocycles. The average Bonchev–Trinajstić information content (AvgIpc) is 3.39. The topological polar surface area (TPSA) is 45.5 Å². The monoisotopic (exact) mass is 470 g/mol. The minimum absolute atomic E-state index is 0.0670. The number of nitrogens with zero attached hydrogens (tertiary/aromatic N) is 1. The normalized spacial score (nSPS) is 21.2. The maximum absolute atomic E-state index is 14.4. The third-order valence-corrected chi connectivity index (χ3v) is 8.78. The summed E-state index contributed by atoms with van der Waals surface area (Å²) in [5, 5.41) is 3.85. The number of fused-ring (bicyclic) bond motifs is 3. The summed E-state index contributed by atoms with van der Waals surface area (Å²) >= 11 is 1.77. The number of carbonyl (C=O) groups is 1. The summed E-state index contributed by atoms with van der Waals surface area (Å²) < 4.78 is 5.68. The molecule has 1 amide bonds. The molecule has 0 unspecified atom stereocenters. The zero-order chi connectivity index (χ0) is 23.0. The number of benzene rings is 2. The summed E-state index contributed by atoms with van der Waals surface area (Å²) in [6.07, 6.45) is 8.47. The first-order valence-electron chi connectivity index (χ1n) is 12.3. The molecule has 4 nitrogen and oxygen atoms in total. The Balaban J connectivity index is 1.42. The minimum Gasteiger partial charge on any atom is -0.467 e. The van der Waals surface area contributed by atoms with E-state index in [0.717, 1.165) is 42.0 Å². The Morgan fingerprint density at radius 2 is 1.76 bits per heavy atom. The highest BCUT2D eigenvalue weighted by Gasteiger charge is 2.49. The van der Waals surface area contributed by atoms with Gasteiger partial charge < -0.3 is 14.6 Å². The number of nitrogens with one attached hydrogen (secondary N) is 1. The number of furan rings is 1. The Morgan fingerprint density at radius 3 is 2.56 bits per heavy atom. The van der Waals surface area contributed by atoms with Crippen molar-refractivity contribution in [3.8, 4) is 0 Å². The lowest BCUT2D eigenvalue weighted by Gasteiger charge is -2.49. The van der Waals surface area contributed by atoms with Crippen molar-refractivity contribution in [2.45, 2.75) is 56.3 Å². The molecule has 174 valence electrons. The molecule has 0 radical (unpaired) electrons. The van der Waals surface area contributed by atoms with Gasteiger partial charge in [-0.25, -0.2) is 0 Å². The second kappa shape index (κ2) is 9.03. The van der Waals surface area contributed by atoms with E-state index >= 15 is 0 Å². The molecular weight excluding hydrogens is 440 g/mol. The molecule has 1 fully saturated rings. The number of hydrogen-bond donors (Lipinski definition) is 1. The van der Waals surface area contributed by atoms with E-state index in [0.29, 0.717) is 6.54 Å². The summed E-state index contributed by atoms with van der Waals surface area (Å²) in [4.78, 5) is 16.4. The second-order valence-electron chi connectivity index (χ2n) is 9.73. The van der Waals surface area contributed by atoms with Crippen molar-refractivity contribution in [1.82, 2.24) is 10.2 Å².